The Morgan fingerprint density at radius 2 is 1.63 bits per heavy atom. The predicted molar refractivity (Wildman–Crippen MR) is 114 cm³/mol. The number of fused-ring (bicyclic) bond motifs is 1. The molecule has 30 heavy (non-hydrogen) atoms. The van der Waals surface area contributed by atoms with E-state index in [1.165, 1.54) is 46.5 Å². The van der Waals surface area contributed by atoms with Gasteiger partial charge in [-0.1, -0.05) is 13.8 Å². The molecule has 1 heterocycles. The van der Waals surface area contributed by atoms with Gasteiger partial charge in [-0.05, 0) is 23.8 Å². The van der Waals surface area contributed by atoms with Crippen molar-refractivity contribution in [3.63, 3.8) is 0 Å². The topological polar surface area (TPSA) is 94.2 Å². The van der Waals surface area contributed by atoms with E-state index < -0.39 is 10.0 Å². The number of ether oxygens (including phenoxy) is 3. The van der Waals surface area contributed by atoms with Gasteiger partial charge in [-0.15, -0.1) is 0 Å². The van der Waals surface area contributed by atoms with Crippen molar-refractivity contribution in [2.75, 3.05) is 37.5 Å². The molecule has 0 atom stereocenters. The smallest absolute Gasteiger partial charge is 0.261 e. The molecule has 0 unspecified atom stereocenters. The molecule has 0 radical (unpaired) electrons. The average molecular weight is 435 g/mol. The number of carbonyl (C=O) groups excluding carboxylic acids is 1. The van der Waals surface area contributed by atoms with E-state index in [1.807, 2.05) is 13.8 Å². The SMILES string of the molecule is COc1cc(NS(=O)(=O)c2ccc3c(c2)C(C)(C)CN3C(C)=O)cc(OC)c1OC. The van der Waals surface area contributed by atoms with Gasteiger partial charge < -0.3 is 19.1 Å². The summed E-state index contributed by atoms with van der Waals surface area (Å²) in [4.78, 5) is 13.7. The molecule has 0 spiro atoms. The highest BCUT2D eigenvalue weighted by Gasteiger charge is 2.37. The van der Waals surface area contributed by atoms with Gasteiger partial charge in [-0.2, -0.15) is 0 Å². The maximum Gasteiger partial charge on any atom is 0.261 e. The molecule has 0 fully saturated rings. The molecule has 1 aliphatic heterocycles. The van der Waals surface area contributed by atoms with E-state index >= 15 is 0 Å². The number of hydrogen-bond donors (Lipinski definition) is 1. The molecule has 1 amide bonds. The first kappa shape index (κ1) is 21.8. The number of nitrogens with one attached hydrogen (secondary N) is 1. The van der Waals surface area contributed by atoms with E-state index in [1.54, 1.807) is 17.0 Å². The first-order valence-electron chi connectivity index (χ1n) is 9.29. The minimum absolute atomic E-state index is 0.0759. The number of methoxy groups -OCH3 is 3. The summed E-state index contributed by atoms with van der Waals surface area (Å²) in [7, 11) is 0.490. The summed E-state index contributed by atoms with van der Waals surface area (Å²) in [5.74, 6) is 0.961. The molecule has 2 aromatic rings. The van der Waals surface area contributed by atoms with Crippen LogP contribution in [0.25, 0.3) is 0 Å². The first-order valence-corrected chi connectivity index (χ1v) is 10.8. The van der Waals surface area contributed by atoms with Gasteiger partial charge in [0.15, 0.2) is 11.5 Å². The molecule has 9 heteroatoms. The van der Waals surface area contributed by atoms with Crippen LogP contribution in [0.5, 0.6) is 17.2 Å². The van der Waals surface area contributed by atoms with Crippen molar-refractivity contribution in [1.29, 1.82) is 0 Å². The van der Waals surface area contributed by atoms with Crippen LogP contribution in [0.15, 0.2) is 35.2 Å². The summed E-state index contributed by atoms with van der Waals surface area (Å²) in [6, 6.07) is 7.84. The fraction of sp³-hybridized carbons (Fsp3) is 0.381. The van der Waals surface area contributed by atoms with Crippen LogP contribution >= 0.6 is 0 Å². The Bertz CT molecular complexity index is 1070. The summed E-state index contributed by atoms with van der Waals surface area (Å²) in [6.07, 6.45) is 0. The molecule has 3 rings (SSSR count). The molecular formula is C21H26N2O6S. The fourth-order valence-corrected chi connectivity index (χ4v) is 4.73. The van der Waals surface area contributed by atoms with E-state index in [0.717, 1.165) is 11.3 Å². The molecule has 0 aliphatic carbocycles. The van der Waals surface area contributed by atoms with Crippen LogP contribution in [-0.4, -0.2) is 42.2 Å². The van der Waals surface area contributed by atoms with E-state index in [4.69, 9.17) is 14.2 Å². The standard InChI is InChI=1S/C21H26N2O6S/c1-13(24)23-12-21(2,3)16-11-15(7-8-17(16)23)30(25,26)22-14-9-18(27-4)20(29-6)19(10-14)28-5/h7-11,22H,12H2,1-6H3. The molecule has 162 valence electrons. The Balaban J connectivity index is 2.01. The van der Waals surface area contributed by atoms with Crippen LogP contribution in [0.2, 0.25) is 0 Å². The molecule has 8 nitrogen and oxygen atoms in total. The number of sulfonamides is 1. The Kier molecular flexibility index (Phi) is 5.60. The van der Waals surface area contributed by atoms with Crippen molar-refractivity contribution in [1.82, 2.24) is 0 Å². The summed E-state index contributed by atoms with van der Waals surface area (Å²) in [6.45, 7) is 5.97. The average Bonchev–Trinajstić information content (AvgIpc) is 2.97. The Hall–Kier alpha value is -2.94. The zero-order chi connectivity index (χ0) is 22.3. The predicted octanol–water partition coefficient (Wildman–Crippen LogP) is 3.16. The number of hydrogen-bond acceptors (Lipinski definition) is 6. The highest BCUT2D eigenvalue weighted by Crippen LogP contribution is 2.43. The Morgan fingerprint density at radius 3 is 2.13 bits per heavy atom. The molecule has 0 aromatic heterocycles. The van der Waals surface area contributed by atoms with Crippen LogP contribution in [0, 0.1) is 0 Å². The summed E-state index contributed by atoms with van der Waals surface area (Å²) < 4.78 is 44.6. The lowest BCUT2D eigenvalue weighted by Crippen LogP contribution is -2.31. The van der Waals surface area contributed by atoms with Gasteiger partial charge in [-0.25, -0.2) is 8.42 Å². The maximum absolute atomic E-state index is 13.1. The molecule has 1 N–H and O–H groups in total. The third-order valence-corrected chi connectivity index (χ3v) is 6.53. The monoisotopic (exact) mass is 434 g/mol. The van der Waals surface area contributed by atoms with Crippen LogP contribution in [0.4, 0.5) is 11.4 Å². The van der Waals surface area contributed by atoms with Gasteiger partial charge in [-0.3, -0.25) is 9.52 Å². The second-order valence-corrected chi connectivity index (χ2v) is 9.37. The van der Waals surface area contributed by atoms with Crippen LogP contribution in [0.3, 0.4) is 0 Å². The van der Waals surface area contributed by atoms with Gasteiger partial charge >= 0.3 is 0 Å². The minimum Gasteiger partial charge on any atom is -0.493 e. The second-order valence-electron chi connectivity index (χ2n) is 7.69. The third kappa shape index (κ3) is 3.77. The second kappa shape index (κ2) is 7.71. The summed E-state index contributed by atoms with van der Waals surface area (Å²) in [5, 5.41) is 0. The van der Waals surface area contributed by atoms with Gasteiger partial charge in [0.25, 0.3) is 10.0 Å². The molecule has 0 bridgehead atoms. The first-order chi connectivity index (χ1) is 14.0. The van der Waals surface area contributed by atoms with E-state index in [9.17, 15) is 13.2 Å². The summed E-state index contributed by atoms with van der Waals surface area (Å²) in [5.41, 5.74) is 1.46. The fourth-order valence-electron chi connectivity index (χ4n) is 3.66. The lowest BCUT2D eigenvalue weighted by atomic mass is 9.87. The van der Waals surface area contributed by atoms with Crippen molar-refractivity contribution in [3.8, 4) is 17.2 Å². The minimum atomic E-state index is -3.90. The number of rotatable bonds is 6. The van der Waals surface area contributed by atoms with Gasteiger partial charge in [0.2, 0.25) is 11.7 Å². The Morgan fingerprint density at radius 1 is 1.03 bits per heavy atom. The molecular weight excluding hydrogens is 408 g/mol. The van der Waals surface area contributed by atoms with Crippen molar-refractivity contribution < 1.29 is 27.4 Å². The van der Waals surface area contributed by atoms with Gasteiger partial charge in [0.05, 0.1) is 31.9 Å². The molecule has 0 saturated carbocycles. The number of carbonyl (C=O) groups is 1. The largest absolute Gasteiger partial charge is 0.493 e. The third-order valence-electron chi connectivity index (χ3n) is 5.15. The Labute approximate surface area is 176 Å². The van der Waals surface area contributed by atoms with E-state index in [0.29, 0.717) is 23.8 Å². The van der Waals surface area contributed by atoms with Crippen molar-refractivity contribution in [2.24, 2.45) is 0 Å². The molecule has 2 aromatic carbocycles. The van der Waals surface area contributed by atoms with E-state index in [-0.39, 0.29) is 21.9 Å². The normalized spacial score (nSPS) is 14.8. The highest BCUT2D eigenvalue weighted by molar-refractivity contribution is 7.92. The maximum atomic E-state index is 13.1. The number of nitrogens with zero attached hydrogens (tertiary/aromatic N) is 1. The number of anilines is 2. The van der Waals surface area contributed by atoms with Crippen LogP contribution < -0.4 is 23.8 Å². The number of amides is 1. The van der Waals surface area contributed by atoms with Crippen molar-refractivity contribution >= 4 is 27.3 Å². The number of benzene rings is 2. The molecule has 1 aliphatic rings. The summed E-state index contributed by atoms with van der Waals surface area (Å²) >= 11 is 0. The van der Waals surface area contributed by atoms with Gasteiger partial charge in [0, 0.05) is 36.7 Å². The quantitative estimate of drug-likeness (QED) is 0.751. The van der Waals surface area contributed by atoms with Crippen LogP contribution in [-0.2, 0) is 20.2 Å². The lowest BCUT2D eigenvalue weighted by Gasteiger charge is -2.19. The lowest BCUT2D eigenvalue weighted by molar-refractivity contribution is -0.116. The van der Waals surface area contributed by atoms with Crippen molar-refractivity contribution in [2.45, 2.75) is 31.1 Å². The van der Waals surface area contributed by atoms with E-state index in [2.05, 4.69) is 4.72 Å². The molecule has 0 saturated heterocycles. The zero-order valence-corrected chi connectivity index (χ0v) is 18.7. The van der Waals surface area contributed by atoms with Crippen LogP contribution in [0.1, 0.15) is 26.3 Å². The van der Waals surface area contributed by atoms with Crippen molar-refractivity contribution in [3.05, 3.63) is 35.9 Å². The highest BCUT2D eigenvalue weighted by atomic mass is 32.2. The van der Waals surface area contributed by atoms with Gasteiger partial charge in [0.1, 0.15) is 0 Å². The zero-order valence-electron chi connectivity index (χ0n) is 17.9.